The largest absolute Gasteiger partial charge is 0.454 e. The molecule has 1 atom stereocenters. The molecule has 0 saturated carbocycles. The highest BCUT2D eigenvalue weighted by Gasteiger charge is 2.25. The Morgan fingerprint density at radius 3 is 2.54 bits per heavy atom. The van der Waals surface area contributed by atoms with Crippen LogP contribution in [0.5, 0.6) is 11.5 Å². The van der Waals surface area contributed by atoms with Gasteiger partial charge in [0.05, 0.1) is 6.04 Å². The second kappa shape index (κ2) is 8.63. The normalized spacial score (nSPS) is 18.0. The first kappa shape index (κ1) is 18.8. The summed E-state index contributed by atoms with van der Waals surface area (Å²) >= 11 is 0. The van der Waals surface area contributed by atoms with Crippen molar-refractivity contribution >= 4 is 5.91 Å². The maximum absolute atomic E-state index is 12.6. The lowest BCUT2D eigenvalue weighted by molar-refractivity contribution is -0.126. The number of fused-ring (bicyclic) bond motifs is 1. The number of hydrogen-bond donors (Lipinski definition) is 1. The summed E-state index contributed by atoms with van der Waals surface area (Å²) in [5, 5.41) is 3.05. The molecule has 1 unspecified atom stereocenters. The molecule has 6 heteroatoms. The van der Waals surface area contributed by atoms with Crippen molar-refractivity contribution in [3.8, 4) is 11.5 Å². The van der Waals surface area contributed by atoms with Crippen LogP contribution in [0.2, 0.25) is 0 Å². The molecular formula is C22H27N3O3. The minimum atomic E-state index is -0.132. The van der Waals surface area contributed by atoms with E-state index in [1.807, 2.05) is 31.2 Å². The molecule has 0 bridgehead atoms. The molecule has 28 heavy (non-hydrogen) atoms. The monoisotopic (exact) mass is 381 g/mol. The van der Waals surface area contributed by atoms with E-state index in [9.17, 15) is 4.79 Å². The molecule has 2 aromatic carbocycles. The van der Waals surface area contributed by atoms with Crippen molar-refractivity contribution in [2.75, 3.05) is 33.0 Å². The quantitative estimate of drug-likeness (QED) is 0.832. The Labute approximate surface area is 166 Å². The van der Waals surface area contributed by atoms with E-state index in [4.69, 9.17) is 9.47 Å². The van der Waals surface area contributed by atoms with Crippen LogP contribution in [0.1, 0.15) is 18.1 Å². The standard InChI is InChI=1S/C22H27N3O3/c1-17(22(26)23-14-19-7-8-20-21(13-19)28-16-27-20)25-11-9-24(10-12-25)15-18-5-3-2-4-6-18/h2-8,13,17H,9-12,14-16H2,1H3,(H,23,26). The molecule has 0 aliphatic carbocycles. The lowest BCUT2D eigenvalue weighted by Crippen LogP contribution is -2.53. The van der Waals surface area contributed by atoms with Gasteiger partial charge in [-0.3, -0.25) is 14.6 Å². The lowest BCUT2D eigenvalue weighted by Gasteiger charge is -2.37. The summed E-state index contributed by atoms with van der Waals surface area (Å²) < 4.78 is 10.7. The molecule has 6 nitrogen and oxygen atoms in total. The van der Waals surface area contributed by atoms with Gasteiger partial charge in [0.25, 0.3) is 0 Å². The average molecular weight is 381 g/mol. The molecule has 0 spiro atoms. The Balaban J connectivity index is 1.23. The number of ether oxygens (including phenoxy) is 2. The van der Waals surface area contributed by atoms with E-state index >= 15 is 0 Å². The Morgan fingerprint density at radius 2 is 1.75 bits per heavy atom. The molecule has 2 aliphatic heterocycles. The molecule has 1 saturated heterocycles. The van der Waals surface area contributed by atoms with Crippen LogP contribution in [0.3, 0.4) is 0 Å². The first-order chi connectivity index (χ1) is 13.7. The number of benzene rings is 2. The number of amides is 1. The maximum Gasteiger partial charge on any atom is 0.237 e. The number of rotatable bonds is 6. The van der Waals surface area contributed by atoms with Crippen LogP contribution in [0.4, 0.5) is 0 Å². The Hall–Kier alpha value is -2.57. The van der Waals surface area contributed by atoms with Crippen molar-refractivity contribution in [2.45, 2.75) is 26.1 Å². The summed E-state index contributed by atoms with van der Waals surface area (Å²) in [4.78, 5) is 17.3. The van der Waals surface area contributed by atoms with Crippen molar-refractivity contribution in [3.05, 3.63) is 59.7 Å². The predicted octanol–water partition coefficient (Wildman–Crippen LogP) is 2.24. The van der Waals surface area contributed by atoms with Crippen molar-refractivity contribution < 1.29 is 14.3 Å². The zero-order chi connectivity index (χ0) is 19.3. The van der Waals surface area contributed by atoms with Crippen LogP contribution in [0.25, 0.3) is 0 Å². The van der Waals surface area contributed by atoms with Crippen LogP contribution >= 0.6 is 0 Å². The van der Waals surface area contributed by atoms with Crippen molar-refractivity contribution in [3.63, 3.8) is 0 Å². The van der Waals surface area contributed by atoms with Crippen molar-refractivity contribution in [2.24, 2.45) is 0 Å². The van der Waals surface area contributed by atoms with E-state index in [0.29, 0.717) is 6.54 Å². The first-order valence-electron chi connectivity index (χ1n) is 9.85. The van der Waals surface area contributed by atoms with E-state index in [-0.39, 0.29) is 18.7 Å². The molecule has 0 aromatic heterocycles. The fourth-order valence-corrected chi connectivity index (χ4v) is 3.70. The zero-order valence-electron chi connectivity index (χ0n) is 16.3. The highest BCUT2D eigenvalue weighted by molar-refractivity contribution is 5.81. The third-order valence-corrected chi connectivity index (χ3v) is 5.49. The maximum atomic E-state index is 12.6. The SMILES string of the molecule is CC(C(=O)NCc1ccc2c(c1)OCO2)N1CCN(Cc2ccccc2)CC1. The van der Waals surface area contributed by atoms with Gasteiger partial charge in [-0.1, -0.05) is 36.4 Å². The van der Waals surface area contributed by atoms with Gasteiger partial charge >= 0.3 is 0 Å². The molecule has 1 amide bonds. The third kappa shape index (κ3) is 4.46. The van der Waals surface area contributed by atoms with E-state index < -0.39 is 0 Å². The van der Waals surface area contributed by atoms with Crippen LogP contribution in [0, 0.1) is 0 Å². The van der Waals surface area contributed by atoms with Crippen molar-refractivity contribution in [1.29, 1.82) is 0 Å². The van der Waals surface area contributed by atoms with Crippen LogP contribution in [-0.2, 0) is 17.9 Å². The molecule has 2 aliphatic rings. The molecule has 148 valence electrons. The van der Waals surface area contributed by atoms with Gasteiger partial charge < -0.3 is 14.8 Å². The second-order valence-corrected chi connectivity index (χ2v) is 7.38. The minimum absolute atomic E-state index is 0.0641. The Morgan fingerprint density at radius 1 is 1.00 bits per heavy atom. The summed E-state index contributed by atoms with van der Waals surface area (Å²) in [5.41, 5.74) is 2.35. The van der Waals surface area contributed by atoms with Gasteiger partial charge in [0, 0.05) is 39.3 Å². The predicted molar refractivity (Wildman–Crippen MR) is 107 cm³/mol. The van der Waals surface area contributed by atoms with Gasteiger partial charge in [0.15, 0.2) is 11.5 Å². The highest BCUT2D eigenvalue weighted by atomic mass is 16.7. The Kier molecular flexibility index (Phi) is 5.78. The number of carbonyl (C=O) groups excluding carboxylic acids is 1. The number of nitrogens with zero attached hydrogens (tertiary/aromatic N) is 2. The van der Waals surface area contributed by atoms with E-state index in [1.54, 1.807) is 0 Å². The molecule has 2 aromatic rings. The molecule has 1 N–H and O–H groups in total. The summed E-state index contributed by atoms with van der Waals surface area (Å²) in [6, 6.07) is 16.2. The summed E-state index contributed by atoms with van der Waals surface area (Å²) in [5.74, 6) is 1.57. The topological polar surface area (TPSA) is 54.0 Å². The molecule has 2 heterocycles. The van der Waals surface area contributed by atoms with Gasteiger partial charge in [0.2, 0.25) is 12.7 Å². The molecular weight excluding hydrogens is 354 g/mol. The van der Waals surface area contributed by atoms with Gasteiger partial charge in [0.1, 0.15) is 0 Å². The number of nitrogens with one attached hydrogen (secondary N) is 1. The summed E-state index contributed by atoms with van der Waals surface area (Å²) in [6.07, 6.45) is 0. The Bertz CT molecular complexity index is 804. The highest BCUT2D eigenvalue weighted by Crippen LogP contribution is 2.32. The lowest BCUT2D eigenvalue weighted by atomic mass is 10.1. The third-order valence-electron chi connectivity index (χ3n) is 5.49. The van der Waals surface area contributed by atoms with Gasteiger partial charge in [-0.25, -0.2) is 0 Å². The van der Waals surface area contributed by atoms with Crippen LogP contribution in [-0.4, -0.2) is 54.7 Å². The summed E-state index contributed by atoms with van der Waals surface area (Å²) in [6.45, 7) is 7.49. The van der Waals surface area contributed by atoms with E-state index in [0.717, 1.165) is 49.8 Å². The van der Waals surface area contributed by atoms with Gasteiger partial charge in [-0.15, -0.1) is 0 Å². The summed E-state index contributed by atoms with van der Waals surface area (Å²) in [7, 11) is 0. The first-order valence-corrected chi connectivity index (χ1v) is 9.85. The smallest absolute Gasteiger partial charge is 0.237 e. The number of hydrogen-bond acceptors (Lipinski definition) is 5. The van der Waals surface area contributed by atoms with Crippen LogP contribution < -0.4 is 14.8 Å². The van der Waals surface area contributed by atoms with E-state index in [2.05, 4.69) is 39.4 Å². The molecule has 1 fully saturated rings. The minimum Gasteiger partial charge on any atom is -0.454 e. The fraction of sp³-hybridized carbons (Fsp3) is 0.409. The zero-order valence-corrected chi connectivity index (χ0v) is 16.3. The number of carbonyl (C=O) groups is 1. The number of piperazine rings is 1. The van der Waals surface area contributed by atoms with Gasteiger partial charge in [-0.2, -0.15) is 0 Å². The second-order valence-electron chi connectivity index (χ2n) is 7.38. The average Bonchev–Trinajstić information content (AvgIpc) is 3.21. The van der Waals surface area contributed by atoms with Crippen molar-refractivity contribution in [1.82, 2.24) is 15.1 Å². The molecule has 0 radical (unpaired) electrons. The van der Waals surface area contributed by atoms with E-state index in [1.165, 1.54) is 5.56 Å². The molecule has 4 rings (SSSR count). The van der Waals surface area contributed by atoms with Crippen LogP contribution in [0.15, 0.2) is 48.5 Å². The fourth-order valence-electron chi connectivity index (χ4n) is 3.70. The van der Waals surface area contributed by atoms with Gasteiger partial charge in [-0.05, 0) is 30.2 Å².